The normalized spacial score (nSPS) is 10.1. The molecule has 3 nitrogen and oxygen atoms in total. The molecule has 0 amide bonds. The molecule has 0 aliphatic heterocycles. The molecule has 0 radical (unpaired) electrons. The summed E-state index contributed by atoms with van der Waals surface area (Å²) in [7, 11) is 0. The average Bonchev–Trinajstić information content (AvgIpc) is 1.98. The highest BCUT2D eigenvalue weighted by Gasteiger charge is 2.02. The molecule has 0 spiro atoms. The van der Waals surface area contributed by atoms with Crippen LogP contribution in [-0.2, 0) is 11.3 Å². The molecule has 0 fully saturated rings. The highest BCUT2D eigenvalue weighted by Crippen LogP contribution is 2.04. The van der Waals surface area contributed by atoms with E-state index in [2.05, 4.69) is 15.9 Å². The first-order valence-corrected chi connectivity index (χ1v) is 4.65. The lowest BCUT2D eigenvalue weighted by molar-refractivity contribution is -0.117. The van der Waals surface area contributed by atoms with E-state index >= 15 is 0 Å². The monoisotopic (exact) mass is 243 g/mol. The van der Waals surface area contributed by atoms with Crippen molar-refractivity contribution in [2.45, 2.75) is 20.4 Å². The Kier molecular flexibility index (Phi) is 3.03. The first-order valence-electron chi connectivity index (χ1n) is 3.86. The van der Waals surface area contributed by atoms with Gasteiger partial charge in [0.1, 0.15) is 5.78 Å². The van der Waals surface area contributed by atoms with E-state index in [1.54, 1.807) is 23.9 Å². The van der Waals surface area contributed by atoms with Gasteiger partial charge in [0.05, 0.1) is 11.0 Å². The Morgan fingerprint density at radius 3 is 2.62 bits per heavy atom. The van der Waals surface area contributed by atoms with Gasteiger partial charge >= 0.3 is 0 Å². The molecule has 1 rings (SSSR count). The fourth-order valence-electron chi connectivity index (χ4n) is 1.09. The molecule has 0 unspecified atom stereocenters. The number of pyridine rings is 1. The number of aromatic nitrogens is 1. The zero-order valence-corrected chi connectivity index (χ0v) is 9.09. The van der Waals surface area contributed by atoms with E-state index < -0.39 is 0 Å². The third kappa shape index (κ3) is 2.52. The number of aryl methyl sites for hydroxylation is 1. The topological polar surface area (TPSA) is 39.1 Å². The van der Waals surface area contributed by atoms with E-state index in [0.717, 1.165) is 0 Å². The number of rotatable bonds is 2. The van der Waals surface area contributed by atoms with Gasteiger partial charge in [-0.1, -0.05) is 0 Å². The summed E-state index contributed by atoms with van der Waals surface area (Å²) in [5.41, 5.74) is 0.607. The Bertz CT molecular complexity index is 369. The lowest BCUT2D eigenvalue weighted by Crippen LogP contribution is -2.13. The molecule has 1 aromatic rings. The minimum atomic E-state index is -0.0280. The molecule has 0 aliphatic carbocycles. The first kappa shape index (κ1) is 10.2. The minimum absolute atomic E-state index is 0.0280. The van der Waals surface area contributed by atoms with Crippen LogP contribution in [0.1, 0.15) is 12.5 Å². The molecule has 1 heterocycles. The standard InChI is InChI=1S/C9H10BrNO2/c1-6-3-11(4-7(2)12)5-8(10)9(6)13/h3,5H,4H2,1-2H3. The number of carbonyl (C=O) groups excluding carboxylic acids is 1. The second-order valence-corrected chi connectivity index (χ2v) is 3.85. The van der Waals surface area contributed by atoms with Gasteiger partial charge in [-0.25, -0.2) is 0 Å². The Morgan fingerprint density at radius 2 is 2.15 bits per heavy atom. The summed E-state index contributed by atoms with van der Waals surface area (Å²) in [6, 6.07) is 0. The average molecular weight is 244 g/mol. The molecule has 0 saturated heterocycles. The van der Waals surface area contributed by atoms with Gasteiger partial charge in [0, 0.05) is 18.0 Å². The van der Waals surface area contributed by atoms with Crippen molar-refractivity contribution in [3.8, 4) is 0 Å². The number of ketones is 1. The quantitative estimate of drug-likeness (QED) is 0.790. The van der Waals surface area contributed by atoms with Gasteiger partial charge in [-0.2, -0.15) is 0 Å². The summed E-state index contributed by atoms with van der Waals surface area (Å²) in [5, 5.41) is 0. The molecule has 0 aromatic carbocycles. The van der Waals surface area contributed by atoms with Crippen LogP contribution in [0.5, 0.6) is 0 Å². The van der Waals surface area contributed by atoms with Gasteiger partial charge < -0.3 is 4.57 Å². The third-order valence-electron chi connectivity index (χ3n) is 1.62. The van der Waals surface area contributed by atoms with E-state index in [0.29, 0.717) is 16.6 Å². The zero-order valence-electron chi connectivity index (χ0n) is 7.50. The molecule has 0 saturated carbocycles. The maximum atomic E-state index is 11.3. The number of hydrogen-bond acceptors (Lipinski definition) is 2. The fourth-order valence-corrected chi connectivity index (χ4v) is 1.66. The zero-order chi connectivity index (χ0) is 10.0. The number of hydrogen-bond donors (Lipinski definition) is 0. The van der Waals surface area contributed by atoms with Crippen molar-refractivity contribution in [3.63, 3.8) is 0 Å². The number of Topliss-reactive ketones (excluding diaryl/α,β-unsaturated/α-hetero) is 1. The molecule has 1 aromatic heterocycles. The van der Waals surface area contributed by atoms with E-state index in [-0.39, 0.29) is 11.2 Å². The maximum absolute atomic E-state index is 11.3. The van der Waals surface area contributed by atoms with Crippen LogP contribution in [0.3, 0.4) is 0 Å². The highest BCUT2D eigenvalue weighted by molar-refractivity contribution is 9.10. The molecule has 4 heteroatoms. The Hall–Kier alpha value is -0.900. The molecule has 0 bridgehead atoms. The SMILES string of the molecule is CC(=O)Cn1cc(C)c(=O)c(Br)c1. The molecule has 70 valence electrons. The van der Waals surface area contributed by atoms with Gasteiger partial charge in [0.25, 0.3) is 0 Å². The van der Waals surface area contributed by atoms with Crippen LogP contribution in [-0.4, -0.2) is 10.4 Å². The lowest BCUT2D eigenvalue weighted by atomic mass is 10.3. The van der Waals surface area contributed by atoms with Crippen LogP contribution in [0.25, 0.3) is 0 Å². The third-order valence-corrected chi connectivity index (χ3v) is 2.18. The summed E-state index contributed by atoms with van der Waals surface area (Å²) in [4.78, 5) is 22.1. The van der Waals surface area contributed by atoms with Gasteiger partial charge in [-0.15, -0.1) is 0 Å². The Labute approximate surface area is 84.5 Å². The van der Waals surface area contributed by atoms with Gasteiger partial charge in [-0.05, 0) is 29.8 Å². The van der Waals surface area contributed by atoms with Crippen LogP contribution >= 0.6 is 15.9 Å². The van der Waals surface area contributed by atoms with E-state index in [1.807, 2.05) is 0 Å². The maximum Gasteiger partial charge on any atom is 0.198 e. The van der Waals surface area contributed by atoms with Gasteiger partial charge in [0.2, 0.25) is 0 Å². The highest BCUT2D eigenvalue weighted by atomic mass is 79.9. The van der Waals surface area contributed by atoms with Crippen molar-refractivity contribution in [3.05, 3.63) is 32.7 Å². The molecule has 0 atom stereocenters. The van der Waals surface area contributed by atoms with Crippen molar-refractivity contribution in [2.24, 2.45) is 0 Å². The molecule has 0 N–H and O–H groups in total. The molecule has 0 aliphatic rings. The summed E-state index contributed by atoms with van der Waals surface area (Å²) in [6.45, 7) is 3.55. The largest absolute Gasteiger partial charge is 0.345 e. The molecular formula is C9H10BrNO2. The summed E-state index contributed by atoms with van der Waals surface area (Å²) in [5.74, 6) is 0.0648. The van der Waals surface area contributed by atoms with Crippen LogP contribution in [0.2, 0.25) is 0 Å². The summed E-state index contributed by atoms with van der Waals surface area (Å²) < 4.78 is 2.19. The van der Waals surface area contributed by atoms with E-state index in [1.165, 1.54) is 6.92 Å². The first-order chi connectivity index (χ1) is 6.00. The second-order valence-electron chi connectivity index (χ2n) is 2.99. The van der Waals surface area contributed by atoms with Crippen molar-refractivity contribution < 1.29 is 4.79 Å². The minimum Gasteiger partial charge on any atom is -0.345 e. The van der Waals surface area contributed by atoms with Crippen molar-refractivity contribution in [1.29, 1.82) is 0 Å². The number of halogens is 1. The summed E-state index contributed by atoms with van der Waals surface area (Å²) >= 11 is 3.14. The fraction of sp³-hybridized carbons (Fsp3) is 0.333. The lowest BCUT2D eigenvalue weighted by Gasteiger charge is -2.05. The number of carbonyl (C=O) groups is 1. The van der Waals surface area contributed by atoms with Crippen molar-refractivity contribution in [2.75, 3.05) is 0 Å². The van der Waals surface area contributed by atoms with E-state index in [9.17, 15) is 9.59 Å². The van der Waals surface area contributed by atoms with Gasteiger partial charge in [-0.3, -0.25) is 9.59 Å². The van der Waals surface area contributed by atoms with Crippen LogP contribution in [0.15, 0.2) is 21.7 Å². The molecule has 13 heavy (non-hydrogen) atoms. The predicted molar refractivity (Wildman–Crippen MR) is 53.8 cm³/mol. The van der Waals surface area contributed by atoms with Crippen LogP contribution in [0, 0.1) is 6.92 Å². The van der Waals surface area contributed by atoms with Crippen LogP contribution < -0.4 is 5.43 Å². The Morgan fingerprint density at radius 1 is 1.54 bits per heavy atom. The van der Waals surface area contributed by atoms with Crippen LogP contribution in [0.4, 0.5) is 0 Å². The summed E-state index contributed by atoms with van der Waals surface area (Å²) in [6.07, 6.45) is 3.30. The predicted octanol–water partition coefficient (Wildman–Crippen LogP) is 1.51. The van der Waals surface area contributed by atoms with Crippen molar-refractivity contribution in [1.82, 2.24) is 4.57 Å². The molecular weight excluding hydrogens is 234 g/mol. The smallest absolute Gasteiger partial charge is 0.198 e. The van der Waals surface area contributed by atoms with E-state index in [4.69, 9.17) is 0 Å². The van der Waals surface area contributed by atoms with Crippen molar-refractivity contribution >= 4 is 21.7 Å². The van der Waals surface area contributed by atoms with Gasteiger partial charge in [0.15, 0.2) is 5.43 Å². The Balaban J connectivity index is 3.13. The number of nitrogens with zero attached hydrogens (tertiary/aromatic N) is 1. The second kappa shape index (κ2) is 3.87.